The summed E-state index contributed by atoms with van der Waals surface area (Å²) in [5, 5.41) is 2.89. The van der Waals surface area contributed by atoms with E-state index in [9.17, 15) is 9.59 Å². The van der Waals surface area contributed by atoms with Crippen LogP contribution in [0, 0.1) is 13.8 Å². The van der Waals surface area contributed by atoms with E-state index >= 15 is 0 Å². The number of carbonyl (C=O) groups is 2. The SMILES string of the molecule is COc1ccc(/C=C2\SC(=S)N(CCC(=O)Nc3cc(C)cc(C)c3)C2=O)cc1. The molecule has 1 heterocycles. The van der Waals surface area contributed by atoms with Gasteiger partial charge in [0, 0.05) is 18.7 Å². The van der Waals surface area contributed by atoms with Crippen LogP contribution in [0.2, 0.25) is 0 Å². The highest BCUT2D eigenvalue weighted by Crippen LogP contribution is 2.32. The highest BCUT2D eigenvalue weighted by atomic mass is 32.2. The summed E-state index contributed by atoms with van der Waals surface area (Å²) in [6.45, 7) is 4.22. The van der Waals surface area contributed by atoms with Gasteiger partial charge in [-0.1, -0.05) is 42.2 Å². The Bertz CT molecular complexity index is 964. The average Bonchev–Trinajstić information content (AvgIpc) is 2.93. The molecule has 0 bridgehead atoms. The van der Waals surface area contributed by atoms with E-state index in [1.807, 2.05) is 56.3 Å². The zero-order valence-electron chi connectivity index (χ0n) is 16.5. The molecule has 0 unspecified atom stereocenters. The third kappa shape index (κ3) is 5.46. The van der Waals surface area contributed by atoms with Gasteiger partial charge in [0.25, 0.3) is 5.91 Å². The summed E-state index contributed by atoms with van der Waals surface area (Å²) in [4.78, 5) is 27.0. The van der Waals surface area contributed by atoms with Gasteiger partial charge in [-0.15, -0.1) is 0 Å². The molecule has 2 aromatic rings. The molecule has 29 heavy (non-hydrogen) atoms. The number of carbonyl (C=O) groups excluding carboxylic acids is 2. The van der Waals surface area contributed by atoms with Crippen molar-refractivity contribution in [3.63, 3.8) is 0 Å². The van der Waals surface area contributed by atoms with Crippen LogP contribution in [0.3, 0.4) is 0 Å². The van der Waals surface area contributed by atoms with Crippen molar-refractivity contribution in [1.82, 2.24) is 4.90 Å². The Morgan fingerprint density at radius 2 is 1.83 bits per heavy atom. The minimum Gasteiger partial charge on any atom is -0.497 e. The number of benzene rings is 2. The Hall–Kier alpha value is -2.64. The van der Waals surface area contributed by atoms with Crippen molar-refractivity contribution in [3.05, 3.63) is 64.1 Å². The monoisotopic (exact) mass is 426 g/mol. The molecule has 1 aliphatic rings. The van der Waals surface area contributed by atoms with Gasteiger partial charge in [-0.3, -0.25) is 14.5 Å². The van der Waals surface area contributed by atoms with Crippen LogP contribution in [0.4, 0.5) is 5.69 Å². The van der Waals surface area contributed by atoms with E-state index in [1.54, 1.807) is 13.2 Å². The van der Waals surface area contributed by atoms with Crippen LogP contribution < -0.4 is 10.1 Å². The molecule has 1 fully saturated rings. The Kier molecular flexibility index (Phi) is 6.71. The van der Waals surface area contributed by atoms with Crippen LogP contribution in [-0.4, -0.2) is 34.7 Å². The Morgan fingerprint density at radius 3 is 2.45 bits per heavy atom. The zero-order chi connectivity index (χ0) is 21.0. The maximum atomic E-state index is 12.7. The topological polar surface area (TPSA) is 58.6 Å². The van der Waals surface area contributed by atoms with Crippen molar-refractivity contribution < 1.29 is 14.3 Å². The van der Waals surface area contributed by atoms with Crippen LogP contribution in [0.15, 0.2) is 47.4 Å². The minimum atomic E-state index is -0.171. The molecular formula is C22H22N2O3S2. The van der Waals surface area contributed by atoms with Gasteiger partial charge < -0.3 is 10.1 Å². The number of methoxy groups -OCH3 is 1. The van der Waals surface area contributed by atoms with Gasteiger partial charge >= 0.3 is 0 Å². The largest absolute Gasteiger partial charge is 0.497 e. The number of anilines is 1. The molecule has 150 valence electrons. The first-order valence-corrected chi connectivity index (χ1v) is 10.4. The Balaban J connectivity index is 1.60. The quantitative estimate of drug-likeness (QED) is 0.543. The van der Waals surface area contributed by atoms with Crippen molar-refractivity contribution in [1.29, 1.82) is 0 Å². The van der Waals surface area contributed by atoms with Crippen molar-refractivity contribution in [2.24, 2.45) is 0 Å². The van der Waals surface area contributed by atoms with E-state index < -0.39 is 0 Å². The molecule has 0 aromatic heterocycles. The number of ether oxygens (including phenoxy) is 1. The lowest BCUT2D eigenvalue weighted by Crippen LogP contribution is -2.31. The fraction of sp³-hybridized carbons (Fsp3) is 0.227. The number of thiocarbonyl (C=S) groups is 1. The van der Waals surface area contributed by atoms with E-state index in [2.05, 4.69) is 5.32 Å². The smallest absolute Gasteiger partial charge is 0.266 e. The van der Waals surface area contributed by atoms with E-state index in [0.717, 1.165) is 28.1 Å². The number of aryl methyl sites for hydroxylation is 2. The highest BCUT2D eigenvalue weighted by molar-refractivity contribution is 8.26. The summed E-state index contributed by atoms with van der Waals surface area (Å²) >= 11 is 6.59. The maximum absolute atomic E-state index is 12.7. The third-order valence-corrected chi connectivity index (χ3v) is 5.73. The number of amides is 2. The maximum Gasteiger partial charge on any atom is 0.266 e. The summed E-state index contributed by atoms with van der Waals surface area (Å²) < 4.78 is 5.61. The van der Waals surface area contributed by atoms with Crippen LogP contribution in [-0.2, 0) is 9.59 Å². The van der Waals surface area contributed by atoms with Gasteiger partial charge in [0.1, 0.15) is 10.1 Å². The molecule has 1 aliphatic heterocycles. The lowest BCUT2D eigenvalue weighted by molar-refractivity contribution is -0.122. The predicted molar refractivity (Wildman–Crippen MR) is 122 cm³/mol. The van der Waals surface area contributed by atoms with Gasteiger partial charge in [0.15, 0.2) is 0 Å². The molecule has 0 atom stereocenters. The zero-order valence-corrected chi connectivity index (χ0v) is 18.2. The summed E-state index contributed by atoms with van der Waals surface area (Å²) in [5.74, 6) is 0.433. The van der Waals surface area contributed by atoms with E-state index in [1.165, 1.54) is 16.7 Å². The molecule has 2 aromatic carbocycles. The number of nitrogens with zero attached hydrogens (tertiary/aromatic N) is 1. The number of rotatable bonds is 6. The standard InChI is InChI=1S/C22H22N2O3S2/c1-14-10-15(2)12-17(11-14)23-20(25)8-9-24-21(26)19(29-22(24)28)13-16-4-6-18(27-3)7-5-16/h4-7,10-13H,8-9H2,1-3H3,(H,23,25)/b19-13-. The first kappa shape index (κ1) is 21.1. The fourth-order valence-corrected chi connectivity index (χ4v) is 4.34. The van der Waals surface area contributed by atoms with Crippen molar-refractivity contribution in [3.8, 4) is 5.75 Å². The number of thioether (sulfide) groups is 1. The second-order valence-corrected chi connectivity index (χ2v) is 8.46. The second-order valence-electron chi connectivity index (χ2n) is 6.78. The average molecular weight is 427 g/mol. The molecule has 2 amide bonds. The summed E-state index contributed by atoms with van der Waals surface area (Å²) in [6, 6.07) is 13.3. The van der Waals surface area contributed by atoms with Crippen molar-refractivity contribution in [2.45, 2.75) is 20.3 Å². The third-order valence-electron chi connectivity index (χ3n) is 4.36. The molecule has 0 radical (unpaired) electrons. The van der Waals surface area contributed by atoms with Crippen LogP contribution in [0.5, 0.6) is 5.75 Å². The number of hydrogen-bond acceptors (Lipinski definition) is 5. The van der Waals surface area contributed by atoms with Gasteiger partial charge in [0.05, 0.1) is 12.0 Å². The van der Waals surface area contributed by atoms with Gasteiger partial charge in [-0.25, -0.2) is 0 Å². The van der Waals surface area contributed by atoms with Crippen molar-refractivity contribution in [2.75, 3.05) is 19.0 Å². The normalized spacial score (nSPS) is 15.1. The summed E-state index contributed by atoms with van der Waals surface area (Å²) in [5.41, 5.74) is 3.82. The Morgan fingerprint density at radius 1 is 1.17 bits per heavy atom. The molecule has 1 N–H and O–H groups in total. The first-order chi connectivity index (χ1) is 13.9. The Labute approximate surface area is 180 Å². The lowest BCUT2D eigenvalue weighted by atomic mass is 10.1. The van der Waals surface area contributed by atoms with Gasteiger partial charge in [-0.2, -0.15) is 0 Å². The fourth-order valence-electron chi connectivity index (χ4n) is 3.03. The van der Waals surface area contributed by atoms with E-state index in [-0.39, 0.29) is 24.8 Å². The predicted octanol–water partition coefficient (Wildman–Crippen LogP) is 4.54. The van der Waals surface area contributed by atoms with Crippen LogP contribution in [0.25, 0.3) is 6.08 Å². The van der Waals surface area contributed by atoms with E-state index in [0.29, 0.717) is 9.23 Å². The molecular weight excluding hydrogens is 404 g/mol. The summed E-state index contributed by atoms with van der Waals surface area (Å²) in [6.07, 6.45) is 1.98. The molecule has 0 aliphatic carbocycles. The van der Waals surface area contributed by atoms with Gasteiger partial charge in [-0.05, 0) is 60.9 Å². The highest BCUT2D eigenvalue weighted by Gasteiger charge is 2.32. The first-order valence-electron chi connectivity index (χ1n) is 9.13. The van der Waals surface area contributed by atoms with Crippen molar-refractivity contribution >= 4 is 51.9 Å². The molecule has 0 spiro atoms. The lowest BCUT2D eigenvalue weighted by Gasteiger charge is -2.14. The molecule has 0 saturated carbocycles. The second kappa shape index (κ2) is 9.24. The molecule has 5 nitrogen and oxygen atoms in total. The van der Waals surface area contributed by atoms with Crippen LogP contribution in [0.1, 0.15) is 23.1 Å². The summed E-state index contributed by atoms with van der Waals surface area (Å²) in [7, 11) is 1.61. The molecule has 7 heteroatoms. The van der Waals surface area contributed by atoms with Gasteiger partial charge in [0.2, 0.25) is 5.91 Å². The van der Waals surface area contributed by atoms with Crippen LogP contribution >= 0.6 is 24.0 Å². The number of nitrogens with one attached hydrogen (secondary N) is 1. The number of hydrogen-bond donors (Lipinski definition) is 1. The minimum absolute atomic E-state index is 0.150. The molecule has 1 saturated heterocycles. The van der Waals surface area contributed by atoms with E-state index in [4.69, 9.17) is 17.0 Å². The molecule has 3 rings (SSSR count).